The van der Waals surface area contributed by atoms with Crippen molar-refractivity contribution in [2.24, 2.45) is 11.8 Å². The summed E-state index contributed by atoms with van der Waals surface area (Å²) >= 11 is 1.56. The summed E-state index contributed by atoms with van der Waals surface area (Å²) < 4.78 is 27.4. The lowest BCUT2D eigenvalue weighted by atomic mass is 9.97. The summed E-state index contributed by atoms with van der Waals surface area (Å²) in [6.45, 7) is 5.14. The van der Waals surface area contributed by atoms with Crippen LogP contribution in [0.25, 0.3) is 0 Å². The van der Waals surface area contributed by atoms with Crippen molar-refractivity contribution in [2.75, 3.05) is 31.2 Å². The first-order valence-electron chi connectivity index (χ1n) is 11.0. The number of hydrogen-bond acceptors (Lipinski definition) is 5. The number of carbonyl (C=O) groups is 2. The van der Waals surface area contributed by atoms with Crippen LogP contribution in [0.2, 0.25) is 0 Å². The number of hydrogen-bond donors (Lipinski definition) is 2. The molecule has 9 heteroatoms. The predicted molar refractivity (Wildman–Crippen MR) is 132 cm³/mol. The molecule has 0 aromatic heterocycles. The number of para-hydroxylation sites is 1. The second-order valence-corrected chi connectivity index (χ2v) is 11.3. The third kappa shape index (κ3) is 6.37. The van der Waals surface area contributed by atoms with Crippen LogP contribution in [0.4, 0.5) is 5.69 Å². The van der Waals surface area contributed by atoms with E-state index in [1.807, 2.05) is 20.1 Å². The quantitative estimate of drug-likeness (QED) is 0.550. The molecule has 2 aromatic carbocycles. The molecule has 0 spiro atoms. The maximum absolute atomic E-state index is 13.0. The summed E-state index contributed by atoms with van der Waals surface area (Å²) in [5.41, 5.74) is 0.882. The van der Waals surface area contributed by atoms with Crippen molar-refractivity contribution in [1.29, 1.82) is 0 Å². The van der Waals surface area contributed by atoms with Gasteiger partial charge in [-0.1, -0.05) is 26.0 Å². The van der Waals surface area contributed by atoms with Gasteiger partial charge in [-0.3, -0.25) is 9.59 Å². The molecule has 0 saturated carbocycles. The zero-order valence-corrected chi connectivity index (χ0v) is 20.8. The van der Waals surface area contributed by atoms with Crippen LogP contribution in [-0.2, 0) is 14.8 Å². The summed E-state index contributed by atoms with van der Waals surface area (Å²) in [5.74, 6) is -0.420. The van der Waals surface area contributed by atoms with Gasteiger partial charge in [0.15, 0.2) is 0 Å². The van der Waals surface area contributed by atoms with Crippen molar-refractivity contribution in [1.82, 2.24) is 9.62 Å². The van der Waals surface area contributed by atoms with Crippen molar-refractivity contribution in [3.8, 4) is 0 Å². The Balaban J connectivity index is 1.61. The molecule has 1 aliphatic rings. The fourth-order valence-corrected chi connectivity index (χ4v) is 5.55. The Kier molecular flexibility index (Phi) is 8.56. The Bertz CT molecular complexity index is 1080. The molecule has 1 heterocycles. The fraction of sp³-hybridized carbons (Fsp3) is 0.417. The summed E-state index contributed by atoms with van der Waals surface area (Å²) in [6.07, 6.45) is 2.79. The minimum atomic E-state index is -3.59. The van der Waals surface area contributed by atoms with Crippen LogP contribution in [0.3, 0.4) is 0 Å². The minimum absolute atomic E-state index is 0.194. The van der Waals surface area contributed by atoms with E-state index < -0.39 is 10.0 Å². The zero-order valence-electron chi connectivity index (χ0n) is 19.2. The van der Waals surface area contributed by atoms with Crippen LogP contribution in [0.5, 0.6) is 0 Å². The van der Waals surface area contributed by atoms with Gasteiger partial charge in [0.05, 0.1) is 16.1 Å². The summed E-state index contributed by atoms with van der Waals surface area (Å²) in [5, 5.41) is 5.75. The van der Waals surface area contributed by atoms with Crippen LogP contribution in [0.1, 0.15) is 37.0 Å². The normalized spacial score (nSPS) is 15.4. The Morgan fingerprint density at radius 2 is 1.70 bits per heavy atom. The van der Waals surface area contributed by atoms with Gasteiger partial charge in [-0.2, -0.15) is 4.31 Å². The maximum Gasteiger partial charge on any atom is 0.253 e. The molecule has 1 fully saturated rings. The molecular weight excluding hydrogens is 458 g/mol. The van der Waals surface area contributed by atoms with E-state index in [0.29, 0.717) is 36.6 Å². The number of piperidine rings is 1. The highest BCUT2D eigenvalue weighted by Crippen LogP contribution is 2.26. The fourth-order valence-electron chi connectivity index (χ4n) is 3.67. The van der Waals surface area contributed by atoms with Crippen LogP contribution in [-0.4, -0.2) is 50.4 Å². The molecule has 2 amide bonds. The van der Waals surface area contributed by atoms with Gasteiger partial charge >= 0.3 is 0 Å². The van der Waals surface area contributed by atoms with E-state index in [1.165, 1.54) is 4.31 Å². The average molecular weight is 490 g/mol. The zero-order chi connectivity index (χ0) is 24.0. The molecule has 0 radical (unpaired) electrons. The number of carbonyl (C=O) groups excluding carboxylic acids is 2. The van der Waals surface area contributed by atoms with E-state index in [0.717, 1.165) is 4.90 Å². The number of benzene rings is 2. The summed E-state index contributed by atoms with van der Waals surface area (Å²) in [4.78, 5) is 26.7. The predicted octanol–water partition coefficient (Wildman–Crippen LogP) is 3.83. The highest BCUT2D eigenvalue weighted by Gasteiger charge is 2.32. The smallest absolute Gasteiger partial charge is 0.253 e. The third-order valence-electron chi connectivity index (χ3n) is 5.62. The average Bonchev–Trinajstić information content (AvgIpc) is 2.83. The number of rotatable bonds is 8. The molecule has 0 aliphatic carbocycles. The molecule has 0 unspecified atom stereocenters. The molecular formula is C24H31N3O4S2. The first-order chi connectivity index (χ1) is 15.7. The van der Waals surface area contributed by atoms with E-state index in [4.69, 9.17) is 0 Å². The molecule has 33 heavy (non-hydrogen) atoms. The maximum atomic E-state index is 13.0. The monoisotopic (exact) mass is 489 g/mol. The molecule has 7 nitrogen and oxygen atoms in total. The number of sulfonamides is 1. The molecule has 0 atom stereocenters. The SMILES string of the molecule is CSc1ccc(S(=O)(=O)N2CCC(C(=O)Nc3ccccc3C(=O)NCC(C)C)CC2)cc1. The molecule has 2 aromatic rings. The molecule has 2 N–H and O–H groups in total. The Labute approximate surface area is 200 Å². The highest BCUT2D eigenvalue weighted by atomic mass is 32.2. The topological polar surface area (TPSA) is 95.6 Å². The first kappa shape index (κ1) is 25.3. The highest BCUT2D eigenvalue weighted by molar-refractivity contribution is 7.98. The minimum Gasteiger partial charge on any atom is -0.352 e. The Morgan fingerprint density at radius 3 is 2.30 bits per heavy atom. The number of nitrogens with zero attached hydrogens (tertiary/aromatic N) is 1. The van der Waals surface area contributed by atoms with Crippen LogP contribution in [0, 0.1) is 11.8 Å². The van der Waals surface area contributed by atoms with Crippen LogP contribution < -0.4 is 10.6 Å². The second kappa shape index (κ2) is 11.2. The van der Waals surface area contributed by atoms with Gasteiger partial charge in [0.2, 0.25) is 15.9 Å². The van der Waals surface area contributed by atoms with Crippen molar-refractivity contribution < 1.29 is 18.0 Å². The lowest BCUT2D eigenvalue weighted by Crippen LogP contribution is -2.41. The van der Waals surface area contributed by atoms with Gasteiger partial charge in [-0.25, -0.2) is 8.42 Å². The Hall–Kier alpha value is -2.36. The lowest BCUT2D eigenvalue weighted by Gasteiger charge is -2.30. The van der Waals surface area contributed by atoms with E-state index in [-0.39, 0.29) is 35.7 Å². The van der Waals surface area contributed by atoms with Gasteiger partial charge in [-0.15, -0.1) is 11.8 Å². The van der Waals surface area contributed by atoms with Gasteiger partial charge in [0.1, 0.15) is 0 Å². The number of nitrogens with one attached hydrogen (secondary N) is 2. The van der Waals surface area contributed by atoms with Crippen molar-refractivity contribution in [2.45, 2.75) is 36.5 Å². The number of amides is 2. The Morgan fingerprint density at radius 1 is 1.06 bits per heavy atom. The number of anilines is 1. The third-order valence-corrected chi connectivity index (χ3v) is 8.28. The standard InChI is InChI=1S/C24H31N3O4S2/c1-17(2)16-25-24(29)21-6-4-5-7-22(21)26-23(28)18-12-14-27(15-13-18)33(30,31)20-10-8-19(32-3)9-11-20/h4-11,17-18H,12-16H2,1-3H3,(H,25,29)(H,26,28). The largest absolute Gasteiger partial charge is 0.352 e. The van der Waals surface area contributed by atoms with E-state index in [2.05, 4.69) is 10.6 Å². The summed E-state index contributed by atoms with van der Waals surface area (Å²) in [6, 6.07) is 13.8. The van der Waals surface area contributed by atoms with Crippen LogP contribution in [0.15, 0.2) is 58.3 Å². The molecule has 1 saturated heterocycles. The van der Waals surface area contributed by atoms with Gasteiger partial charge < -0.3 is 10.6 Å². The van der Waals surface area contributed by atoms with E-state index >= 15 is 0 Å². The van der Waals surface area contributed by atoms with E-state index in [1.54, 1.807) is 60.3 Å². The van der Waals surface area contributed by atoms with Crippen LogP contribution >= 0.6 is 11.8 Å². The first-order valence-corrected chi connectivity index (χ1v) is 13.7. The van der Waals surface area contributed by atoms with Gasteiger partial charge in [0, 0.05) is 30.4 Å². The molecule has 1 aliphatic heterocycles. The molecule has 3 rings (SSSR count). The van der Waals surface area contributed by atoms with Gasteiger partial charge in [-0.05, 0) is 61.4 Å². The molecule has 0 bridgehead atoms. The second-order valence-electron chi connectivity index (χ2n) is 8.49. The van der Waals surface area contributed by atoms with Crippen molar-refractivity contribution in [3.05, 3.63) is 54.1 Å². The summed E-state index contributed by atoms with van der Waals surface area (Å²) in [7, 11) is -3.59. The molecule has 178 valence electrons. The van der Waals surface area contributed by atoms with Crippen molar-refractivity contribution in [3.63, 3.8) is 0 Å². The number of thioether (sulfide) groups is 1. The van der Waals surface area contributed by atoms with Gasteiger partial charge in [0.25, 0.3) is 5.91 Å². The van der Waals surface area contributed by atoms with Crippen molar-refractivity contribution >= 4 is 39.3 Å². The van der Waals surface area contributed by atoms with E-state index in [9.17, 15) is 18.0 Å². The lowest BCUT2D eigenvalue weighted by molar-refractivity contribution is -0.120.